The van der Waals surface area contributed by atoms with Gasteiger partial charge >= 0.3 is 6.03 Å². The van der Waals surface area contributed by atoms with Gasteiger partial charge in [0.15, 0.2) is 5.13 Å². The molecule has 0 saturated carbocycles. The van der Waals surface area contributed by atoms with E-state index in [9.17, 15) is 4.79 Å². The van der Waals surface area contributed by atoms with Gasteiger partial charge in [-0.05, 0) is 13.3 Å². The van der Waals surface area contributed by atoms with Crippen molar-refractivity contribution in [3.8, 4) is 0 Å². The van der Waals surface area contributed by atoms with E-state index in [1.807, 2.05) is 24.4 Å². The lowest BCUT2D eigenvalue weighted by atomic mass is 10.3. The van der Waals surface area contributed by atoms with Crippen LogP contribution < -0.4 is 15.5 Å². The highest BCUT2D eigenvalue weighted by Crippen LogP contribution is 2.17. The number of nitrogens with zero attached hydrogens (tertiary/aromatic N) is 2. The fourth-order valence-corrected chi connectivity index (χ4v) is 1.97. The number of aromatic nitrogens is 1. The fraction of sp³-hybridized carbons (Fsp3) is 0.636. The lowest BCUT2D eigenvalue weighted by Gasteiger charge is -2.08. The largest absolute Gasteiger partial charge is 0.393 e. The summed E-state index contributed by atoms with van der Waals surface area (Å²) in [7, 11) is 3.86. The van der Waals surface area contributed by atoms with Crippen molar-refractivity contribution in [1.82, 2.24) is 15.6 Å². The number of thiazole rings is 1. The third-order valence-electron chi connectivity index (χ3n) is 2.20. The number of hydrogen-bond acceptors (Lipinski definition) is 5. The van der Waals surface area contributed by atoms with Crippen LogP contribution in [0.15, 0.2) is 5.38 Å². The number of aliphatic hydroxyl groups excluding tert-OH is 1. The molecule has 0 aliphatic heterocycles. The minimum atomic E-state index is -0.397. The molecule has 7 heteroatoms. The third kappa shape index (κ3) is 5.33. The summed E-state index contributed by atoms with van der Waals surface area (Å²) in [6.07, 6.45) is 0.154. The first kappa shape index (κ1) is 14.7. The van der Waals surface area contributed by atoms with Gasteiger partial charge in [0, 0.05) is 26.0 Å². The molecule has 3 N–H and O–H groups in total. The molecule has 102 valence electrons. The van der Waals surface area contributed by atoms with Crippen molar-refractivity contribution in [2.45, 2.75) is 26.0 Å². The first-order valence-corrected chi connectivity index (χ1v) is 6.68. The Kier molecular flexibility index (Phi) is 5.87. The molecule has 0 spiro atoms. The lowest BCUT2D eigenvalue weighted by Crippen LogP contribution is -2.36. The van der Waals surface area contributed by atoms with Crippen molar-refractivity contribution in [1.29, 1.82) is 0 Å². The maximum absolute atomic E-state index is 11.4. The molecule has 1 heterocycles. The highest BCUT2D eigenvalue weighted by molar-refractivity contribution is 7.13. The number of anilines is 1. The van der Waals surface area contributed by atoms with Crippen molar-refractivity contribution < 1.29 is 9.90 Å². The molecule has 0 aliphatic carbocycles. The number of urea groups is 1. The van der Waals surface area contributed by atoms with Gasteiger partial charge in [-0.15, -0.1) is 11.3 Å². The maximum Gasteiger partial charge on any atom is 0.315 e. The standard InChI is InChI=1S/C11H20N4O2S/c1-8(16)4-5-12-10(17)13-6-9-7-18-11(14-9)15(2)3/h7-8,16H,4-6H2,1-3H3,(H2,12,13,17). The van der Waals surface area contributed by atoms with Gasteiger partial charge in [-0.25, -0.2) is 9.78 Å². The number of amides is 2. The van der Waals surface area contributed by atoms with Crippen molar-refractivity contribution in [2.24, 2.45) is 0 Å². The van der Waals surface area contributed by atoms with E-state index >= 15 is 0 Å². The van der Waals surface area contributed by atoms with Crippen LogP contribution in [0, 0.1) is 0 Å². The quantitative estimate of drug-likeness (QED) is 0.715. The molecule has 0 bridgehead atoms. The molecule has 0 aromatic carbocycles. The van der Waals surface area contributed by atoms with Crippen molar-refractivity contribution in [2.75, 3.05) is 25.5 Å². The Hall–Kier alpha value is -1.34. The second kappa shape index (κ2) is 7.17. The molecule has 1 aromatic rings. The zero-order valence-corrected chi connectivity index (χ0v) is 11.8. The smallest absolute Gasteiger partial charge is 0.315 e. The van der Waals surface area contributed by atoms with E-state index in [0.29, 0.717) is 19.5 Å². The topological polar surface area (TPSA) is 77.5 Å². The molecule has 0 radical (unpaired) electrons. The van der Waals surface area contributed by atoms with Crippen LogP contribution in [0.1, 0.15) is 19.0 Å². The predicted molar refractivity (Wildman–Crippen MR) is 73.0 cm³/mol. The Bertz CT molecular complexity index is 379. The number of rotatable bonds is 6. The Morgan fingerprint density at radius 1 is 1.56 bits per heavy atom. The molecule has 1 aromatic heterocycles. The summed E-state index contributed by atoms with van der Waals surface area (Å²) in [6.45, 7) is 2.56. The Labute approximate surface area is 111 Å². The summed E-state index contributed by atoms with van der Waals surface area (Å²) in [4.78, 5) is 17.7. The second-order valence-electron chi connectivity index (χ2n) is 4.26. The maximum atomic E-state index is 11.4. The van der Waals surface area contributed by atoms with Crippen LogP contribution in [0.25, 0.3) is 0 Å². The summed E-state index contributed by atoms with van der Waals surface area (Å²) in [5.41, 5.74) is 0.842. The van der Waals surface area contributed by atoms with Crippen molar-refractivity contribution >= 4 is 22.5 Å². The Morgan fingerprint density at radius 2 is 2.28 bits per heavy atom. The second-order valence-corrected chi connectivity index (χ2v) is 5.10. The van der Waals surface area contributed by atoms with Crippen LogP contribution >= 0.6 is 11.3 Å². The normalized spacial score (nSPS) is 12.0. The number of aliphatic hydroxyl groups is 1. The van der Waals surface area contributed by atoms with Gasteiger partial charge in [-0.2, -0.15) is 0 Å². The van der Waals surface area contributed by atoms with E-state index in [-0.39, 0.29) is 6.03 Å². The first-order chi connectivity index (χ1) is 8.49. The third-order valence-corrected chi connectivity index (χ3v) is 3.26. The molecule has 6 nitrogen and oxygen atoms in total. The van der Waals surface area contributed by atoms with Crippen molar-refractivity contribution in [3.63, 3.8) is 0 Å². The van der Waals surface area contributed by atoms with Crippen LogP contribution in [0.2, 0.25) is 0 Å². The number of nitrogens with one attached hydrogen (secondary N) is 2. The molecular weight excluding hydrogens is 252 g/mol. The zero-order valence-electron chi connectivity index (χ0n) is 10.9. The summed E-state index contributed by atoms with van der Waals surface area (Å²) in [6, 6.07) is -0.241. The monoisotopic (exact) mass is 272 g/mol. The van der Waals surface area contributed by atoms with Crippen LogP contribution in [0.4, 0.5) is 9.93 Å². The SMILES string of the molecule is CC(O)CCNC(=O)NCc1csc(N(C)C)n1. The molecule has 1 atom stereocenters. The number of carbonyl (C=O) groups excluding carboxylic acids is 1. The van der Waals surface area contributed by atoms with Crippen LogP contribution in [0.3, 0.4) is 0 Å². The zero-order chi connectivity index (χ0) is 13.5. The highest BCUT2D eigenvalue weighted by atomic mass is 32.1. The summed E-state index contributed by atoms with van der Waals surface area (Å²) < 4.78 is 0. The molecular formula is C11H20N4O2S. The van der Waals surface area contributed by atoms with Gasteiger partial charge in [0.1, 0.15) is 0 Å². The summed E-state index contributed by atoms with van der Waals surface area (Å²) in [5, 5.41) is 17.3. The summed E-state index contributed by atoms with van der Waals surface area (Å²) in [5.74, 6) is 0. The fourth-order valence-electron chi connectivity index (χ4n) is 1.21. The number of hydrogen-bond donors (Lipinski definition) is 3. The molecule has 0 saturated heterocycles. The van der Waals surface area contributed by atoms with E-state index in [1.54, 1.807) is 18.3 Å². The molecule has 2 amide bonds. The van der Waals surface area contributed by atoms with E-state index in [2.05, 4.69) is 15.6 Å². The molecule has 0 aliphatic rings. The lowest BCUT2D eigenvalue weighted by molar-refractivity contribution is 0.183. The number of carbonyl (C=O) groups is 1. The average molecular weight is 272 g/mol. The van der Waals surface area contributed by atoms with E-state index in [4.69, 9.17) is 5.11 Å². The predicted octanol–water partition coefficient (Wildman–Crippen LogP) is 0.779. The minimum Gasteiger partial charge on any atom is -0.393 e. The first-order valence-electron chi connectivity index (χ1n) is 5.80. The van der Waals surface area contributed by atoms with Crippen LogP contribution in [0.5, 0.6) is 0 Å². The molecule has 1 rings (SSSR count). The van der Waals surface area contributed by atoms with Gasteiger partial charge in [-0.1, -0.05) is 0 Å². The van der Waals surface area contributed by atoms with Crippen molar-refractivity contribution in [3.05, 3.63) is 11.1 Å². The minimum absolute atomic E-state index is 0.241. The molecule has 0 fully saturated rings. The van der Waals surface area contributed by atoms with Gasteiger partial charge in [0.2, 0.25) is 0 Å². The van der Waals surface area contributed by atoms with Gasteiger partial charge < -0.3 is 20.6 Å². The van der Waals surface area contributed by atoms with Crippen LogP contribution in [-0.4, -0.2) is 42.9 Å². The Morgan fingerprint density at radius 3 is 2.83 bits per heavy atom. The van der Waals surface area contributed by atoms with E-state index in [1.165, 1.54) is 0 Å². The van der Waals surface area contributed by atoms with Crippen LogP contribution in [-0.2, 0) is 6.54 Å². The Balaban J connectivity index is 2.25. The average Bonchev–Trinajstić information content (AvgIpc) is 2.74. The van der Waals surface area contributed by atoms with E-state index in [0.717, 1.165) is 10.8 Å². The van der Waals surface area contributed by atoms with Gasteiger partial charge in [0.25, 0.3) is 0 Å². The van der Waals surface area contributed by atoms with Gasteiger partial charge in [0.05, 0.1) is 18.3 Å². The summed E-state index contributed by atoms with van der Waals surface area (Å²) >= 11 is 1.54. The van der Waals surface area contributed by atoms with E-state index < -0.39 is 6.10 Å². The van der Waals surface area contributed by atoms with Gasteiger partial charge in [-0.3, -0.25) is 0 Å². The molecule has 18 heavy (non-hydrogen) atoms. The highest BCUT2D eigenvalue weighted by Gasteiger charge is 2.05. The molecule has 1 unspecified atom stereocenters.